The van der Waals surface area contributed by atoms with Crippen LogP contribution in [0, 0.1) is 5.92 Å². The zero-order valence-corrected chi connectivity index (χ0v) is 13.5. The summed E-state index contributed by atoms with van der Waals surface area (Å²) in [6.45, 7) is 12.9. The van der Waals surface area contributed by atoms with Gasteiger partial charge in [-0.15, -0.1) is 0 Å². The number of ether oxygens (including phenoxy) is 2. The van der Waals surface area contributed by atoms with Gasteiger partial charge in [-0.1, -0.05) is 53.4 Å². The van der Waals surface area contributed by atoms with Crippen molar-refractivity contribution in [2.75, 3.05) is 33.0 Å². The van der Waals surface area contributed by atoms with Crippen LogP contribution in [0.5, 0.6) is 0 Å². The third-order valence-corrected chi connectivity index (χ3v) is 2.99. The largest absolute Gasteiger partial charge is 0.379 e. The second kappa shape index (κ2) is 14.3. The summed E-state index contributed by atoms with van der Waals surface area (Å²) in [7, 11) is 0. The van der Waals surface area contributed by atoms with Crippen molar-refractivity contribution in [1.29, 1.82) is 0 Å². The van der Waals surface area contributed by atoms with Crippen molar-refractivity contribution < 1.29 is 10.9 Å². The Morgan fingerprint density at radius 2 is 1.42 bits per heavy atom. The standard InChI is InChI=1S/C16H35NO2.H2/c1-15(2)9-7-5-6-8-11-18-13-14-19-12-10-17-16(3)4;/h15-17H,5-14H2,1-4H3;1H. The lowest BCUT2D eigenvalue weighted by Gasteiger charge is -2.09. The molecule has 0 atom stereocenters. The molecule has 0 saturated carbocycles. The van der Waals surface area contributed by atoms with Gasteiger partial charge in [0.25, 0.3) is 0 Å². The molecule has 3 nitrogen and oxygen atoms in total. The smallest absolute Gasteiger partial charge is 0.0701 e. The van der Waals surface area contributed by atoms with Crippen LogP contribution in [0.3, 0.4) is 0 Å². The Kier molecular flexibility index (Phi) is 14.2. The van der Waals surface area contributed by atoms with Crippen LogP contribution in [0.2, 0.25) is 0 Å². The van der Waals surface area contributed by atoms with Crippen LogP contribution in [0.1, 0.15) is 61.2 Å². The first-order valence-corrected chi connectivity index (χ1v) is 8.01. The fourth-order valence-corrected chi connectivity index (χ4v) is 1.85. The van der Waals surface area contributed by atoms with Crippen LogP contribution in [-0.2, 0) is 9.47 Å². The Morgan fingerprint density at radius 3 is 2.05 bits per heavy atom. The topological polar surface area (TPSA) is 30.5 Å². The Morgan fingerprint density at radius 1 is 0.789 bits per heavy atom. The van der Waals surface area contributed by atoms with E-state index in [0.29, 0.717) is 12.6 Å². The van der Waals surface area contributed by atoms with Gasteiger partial charge in [0.1, 0.15) is 0 Å². The second-order valence-corrected chi connectivity index (χ2v) is 5.93. The predicted molar refractivity (Wildman–Crippen MR) is 84.8 cm³/mol. The lowest BCUT2D eigenvalue weighted by molar-refractivity contribution is 0.0469. The van der Waals surface area contributed by atoms with E-state index in [-0.39, 0.29) is 1.43 Å². The molecule has 0 unspecified atom stereocenters. The van der Waals surface area contributed by atoms with Crippen LogP contribution in [-0.4, -0.2) is 39.0 Å². The van der Waals surface area contributed by atoms with Gasteiger partial charge in [0, 0.05) is 20.6 Å². The van der Waals surface area contributed by atoms with Crippen LogP contribution >= 0.6 is 0 Å². The summed E-state index contributed by atoms with van der Waals surface area (Å²) in [6.07, 6.45) is 6.56. The maximum atomic E-state index is 5.54. The molecule has 0 radical (unpaired) electrons. The molecule has 19 heavy (non-hydrogen) atoms. The molecular formula is C16H37NO2. The number of unbranched alkanes of at least 4 members (excludes halogenated alkanes) is 3. The molecule has 0 aliphatic heterocycles. The Balaban J connectivity index is 0. The Labute approximate surface area is 121 Å². The molecule has 0 aliphatic carbocycles. The highest BCUT2D eigenvalue weighted by molar-refractivity contribution is 4.51. The van der Waals surface area contributed by atoms with Crippen molar-refractivity contribution in [3.8, 4) is 0 Å². The fourth-order valence-electron chi connectivity index (χ4n) is 1.85. The van der Waals surface area contributed by atoms with E-state index < -0.39 is 0 Å². The summed E-state index contributed by atoms with van der Waals surface area (Å²) >= 11 is 0. The molecule has 0 fully saturated rings. The minimum absolute atomic E-state index is 0. The molecule has 0 aromatic carbocycles. The highest BCUT2D eigenvalue weighted by Crippen LogP contribution is 2.09. The van der Waals surface area contributed by atoms with Gasteiger partial charge in [-0.3, -0.25) is 0 Å². The van der Waals surface area contributed by atoms with Gasteiger partial charge in [0.2, 0.25) is 0 Å². The number of rotatable bonds is 14. The fraction of sp³-hybridized carbons (Fsp3) is 1.00. The van der Waals surface area contributed by atoms with Gasteiger partial charge < -0.3 is 14.8 Å². The lowest BCUT2D eigenvalue weighted by Crippen LogP contribution is -2.27. The Bertz CT molecular complexity index is 160. The van der Waals surface area contributed by atoms with Gasteiger partial charge in [-0.25, -0.2) is 0 Å². The first-order chi connectivity index (χ1) is 9.13. The van der Waals surface area contributed by atoms with E-state index in [0.717, 1.165) is 32.3 Å². The van der Waals surface area contributed by atoms with Crippen molar-refractivity contribution in [2.45, 2.75) is 65.8 Å². The normalized spacial score (nSPS) is 11.7. The van der Waals surface area contributed by atoms with E-state index in [1.54, 1.807) is 0 Å². The molecule has 0 rings (SSSR count). The highest BCUT2D eigenvalue weighted by Gasteiger charge is 1.95. The Hall–Kier alpha value is -0.120. The average molecular weight is 275 g/mol. The molecule has 0 saturated heterocycles. The molecular weight excluding hydrogens is 238 g/mol. The molecule has 0 aromatic heterocycles. The van der Waals surface area contributed by atoms with Gasteiger partial charge in [0.05, 0.1) is 19.8 Å². The summed E-state index contributed by atoms with van der Waals surface area (Å²) in [5, 5.41) is 3.32. The van der Waals surface area contributed by atoms with E-state index in [9.17, 15) is 0 Å². The van der Waals surface area contributed by atoms with Gasteiger partial charge in [0.15, 0.2) is 0 Å². The molecule has 0 aromatic rings. The molecule has 0 heterocycles. The van der Waals surface area contributed by atoms with Crippen molar-refractivity contribution in [2.24, 2.45) is 5.92 Å². The van der Waals surface area contributed by atoms with Gasteiger partial charge >= 0.3 is 0 Å². The van der Waals surface area contributed by atoms with E-state index >= 15 is 0 Å². The molecule has 1 N–H and O–H groups in total. The van der Waals surface area contributed by atoms with E-state index in [4.69, 9.17) is 9.47 Å². The molecule has 0 amide bonds. The van der Waals surface area contributed by atoms with E-state index in [2.05, 4.69) is 33.0 Å². The quantitative estimate of drug-likeness (QED) is 0.488. The highest BCUT2D eigenvalue weighted by atomic mass is 16.5. The molecule has 118 valence electrons. The molecule has 0 bridgehead atoms. The second-order valence-electron chi connectivity index (χ2n) is 5.93. The van der Waals surface area contributed by atoms with Crippen LogP contribution in [0.15, 0.2) is 0 Å². The summed E-state index contributed by atoms with van der Waals surface area (Å²) in [4.78, 5) is 0. The minimum Gasteiger partial charge on any atom is -0.379 e. The third-order valence-electron chi connectivity index (χ3n) is 2.99. The SMILES string of the molecule is CC(C)CCCCCCOCCOCCNC(C)C.[HH]. The van der Waals surface area contributed by atoms with Crippen LogP contribution in [0.4, 0.5) is 0 Å². The summed E-state index contributed by atoms with van der Waals surface area (Å²) < 4.78 is 11.0. The van der Waals surface area contributed by atoms with Gasteiger partial charge in [-0.2, -0.15) is 0 Å². The predicted octanol–water partition coefficient (Wildman–Crippen LogP) is 3.87. The number of hydrogen-bond acceptors (Lipinski definition) is 3. The van der Waals surface area contributed by atoms with E-state index in [1.807, 2.05) is 0 Å². The average Bonchev–Trinajstić information content (AvgIpc) is 2.34. The monoisotopic (exact) mass is 275 g/mol. The van der Waals surface area contributed by atoms with Crippen molar-refractivity contribution in [1.82, 2.24) is 5.32 Å². The molecule has 3 heteroatoms. The number of nitrogens with one attached hydrogen (secondary N) is 1. The number of hydrogen-bond donors (Lipinski definition) is 1. The molecule has 0 aliphatic rings. The summed E-state index contributed by atoms with van der Waals surface area (Å²) in [5.41, 5.74) is 0. The first kappa shape index (κ1) is 18.9. The van der Waals surface area contributed by atoms with Crippen molar-refractivity contribution in [3.63, 3.8) is 0 Å². The zero-order valence-electron chi connectivity index (χ0n) is 13.5. The lowest BCUT2D eigenvalue weighted by atomic mass is 10.0. The van der Waals surface area contributed by atoms with Crippen LogP contribution < -0.4 is 5.32 Å². The summed E-state index contributed by atoms with van der Waals surface area (Å²) in [5.74, 6) is 0.846. The maximum Gasteiger partial charge on any atom is 0.0701 e. The van der Waals surface area contributed by atoms with Crippen LogP contribution in [0.25, 0.3) is 0 Å². The van der Waals surface area contributed by atoms with Gasteiger partial charge in [-0.05, 0) is 12.3 Å². The maximum absolute atomic E-state index is 5.54. The zero-order chi connectivity index (χ0) is 14.3. The van der Waals surface area contributed by atoms with E-state index in [1.165, 1.54) is 32.1 Å². The third kappa shape index (κ3) is 17.9. The van der Waals surface area contributed by atoms with Crippen molar-refractivity contribution in [3.05, 3.63) is 0 Å². The van der Waals surface area contributed by atoms with Crippen molar-refractivity contribution >= 4 is 0 Å². The molecule has 0 spiro atoms. The summed E-state index contributed by atoms with van der Waals surface area (Å²) in [6, 6.07) is 0.538. The first-order valence-electron chi connectivity index (χ1n) is 8.01. The minimum atomic E-state index is 0.